The van der Waals surface area contributed by atoms with Crippen molar-refractivity contribution in [1.29, 1.82) is 0 Å². The van der Waals surface area contributed by atoms with Crippen LogP contribution in [0.15, 0.2) is 61.2 Å². The van der Waals surface area contributed by atoms with Crippen LogP contribution in [0, 0.1) is 0 Å². The van der Waals surface area contributed by atoms with Crippen molar-refractivity contribution < 1.29 is 0 Å². The summed E-state index contributed by atoms with van der Waals surface area (Å²) in [6, 6.07) is 19.6. The fourth-order valence-corrected chi connectivity index (χ4v) is 6.12. The molecule has 0 atom stereocenters. The third-order valence-corrected chi connectivity index (χ3v) is 7.65. The van der Waals surface area contributed by atoms with Crippen molar-refractivity contribution in [2.24, 2.45) is 0 Å². The van der Waals surface area contributed by atoms with Gasteiger partial charge in [0.2, 0.25) is 0 Å². The smallest absolute Gasteiger partial charge is 0.0922 e. The number of rotatable bonds is 10. The highest BCUT2D eigenvalue weighted by atomic mass is 28.2. The first-order chi connectivity index (χ1) is 12.6. The molecule has 0 radical (unpaired) electrons. The van der Waals surface area contributed by atoms with Crippen molar-refractivity contribution in [3.05, 3.63) is 72.3 Å². The van der Waals surface area contributed by atoms with Gasteiger partial charge in [0, 0.05) is 5.79 Å². The molecular formula is C23H34N2Si. The van der Waals surface area contributed by atoms with Crippen molar-refractivity contribution in [1.82, 2.24) is 9.80 Å². The minimum Gasteiger partial charge on any atom is -0.291 e. The Morgan fingerprint density at radius 1 is 0.769 bits per heavy atom. The zero-order valence-corrected chi connectivity index (χ0v) is 18.3. The molecule has 0 saturated carbocycles. The van der Waals surface area contributed by atoms with E-state index in [1.807, 2.05) is 6.07 Å². The molecule has 0 heterocycles. The van der Waals surface area contributed by atoms with Gasteiger partial charge in [-0.05, 0) is 42.9 Å². The largest absolute Gasteiger partial charge is 0.291 e. The molecule has 0 aliphatic carbocycles. The molecule has 0 amide bonds. The van der Waals surface area contributed by atoms with E-state index in [0.717, 1.165) is 31.8 Å². The molecule has 3 heteroatoms. The zero-order valence-electron chi connectivity index (χ0n) is 16.9. The number of hydrogen-bond donors (Lipinski definition) is 0. The molecule has 0 bridgehead atoms. The molecule has 0 aliphatic rings. The quantitative estimate of drug-likeness (QED) is 0.469. The Balaban J connectivity index is 2.16. The molecule has 0 saturated heterocycles. The average Bonchev–Trinajstić information content (AvgIpc) is 2.70. The van der Waals surface area contributed by atoms with E-state index in [4.69, 9.17) is 0 Å². The van der Waals surface area contributed by atoms with Gasteiger partial charge >= 0.3 is 0 Å². The average molecular weight is 367 g/mol. The number of hydrogen-bond acceptors (Lipinski definition) is 2. The van der Waals surface area contributed by atoms with E-state index in [-0.39, 0.29) is 0 Å². The van der Waals surface area contributed by atoms with Gasteiger partial charge in [-0.2, -0.15) is 0 Å². The van der Waals surface area contributed by atoms with Gasteiger partial charge < -0.3 is 0 Å². The maximum atomic E-state index is 4.29. The fraction of sp³-hybridized carbons (Fsp3) is 0.391. The molecule has 2 aromatic rings. The van der Waals surface area contributed by atoms with Gasteiger partial charge in [-0.3, -0.25) is 9.80 Å². The second kappa shape index (κ2) is 10.5. The maximum absolute atomic E-state index is 4.29. The highest BCUT2D eigenvalue weighted by Crippen LogP contribution is 2.20. The van der Waals surface area contributed by atoms with E-state index in [9.17, 15) is 0 Å². The van der Waals surface area contributed by atoms with E-state index < -0.39 is 9.52 Å². The monoisotopic (exact) mass is 366 g/mol. The Hall–Kier alpha value is -1.68. The third-order valence-electron chi connectivity index (χ3n) is 5.31. The first-order valence-electron chi connectivity index (χ1n) is 9.96. The van der Waals surface area contributed by atoms with E-state index >= 15 is 0 Å². The van der Waals surface area contributed by atoms with E-state index in [1.54, 1.807) is 0 Å². The van der Waals surface area contributed by atoms with Crippen molar-refractivity contribution in [2.75, 3.05) is 26.2 Å². The van der Waals surface area contributed by atoms with Crippen LogP contribution in [0.5, 0.6) is 0 Å². The highest BCUT2D eigenvalue weighted by molar-refractivity contribution is 6.54. The first kappa shape index (κ1) is 20.6. The second-order valence-corrected chi connectivity index (χ2v) is 8.62. The Bertz CT molecular complexity index is 646. The van der Waals surface area contributed by atoms with Crippen LogP contribution in [-0.2, 0) is 0 Å². The van der Waals surface area contributed by atoms with Gasteiger partial charge in [-0.15, -0.1) is 0 Å². The van der Waals surface area contributed by atoms with Gasteiger partial charge in [0.25, 0.3) is 0 Å². The second-order valence-electron chi connectivity index (χ2n) is 6.67. The molecule has 0 aromatic heterocycles. The number of benzene rings is 2. The van der Waals surface area contributed by atoms with Gasteiger partial charge in [-0.25, -0.2) is 0 Å². The molecule has 0 aliphatic heterocycles. The molecule has 2 aromatic carbocycles. The van der Waals surface area contributed by atoms with Crippen molar-refractivity contribution in [3.63, 3.8) is 0 Å². The van der Waals surface area contributed by atoms with Crippen LogP contribution in [0.25, 0.3) is 5.57 Å². The summed E-state index contributed by atoms with van der Waals surface area (Å²) in [4.78, 5) is 5.24. The third kappa shape index (κ3) is 5.16. The predicted octanol–water partition coefficient (Wildman–Crippen LogP) is 3.51. The van der Waals surface area contributed by atoms with Crippen molar-refractivity contribution in [3.8, 4) is 0 Å². The van der Waals surface area contributed by atoms with Crippen molar-refractivity contribution >= 4 is 20.3 Å². The van der Waals surface area contributed by atoms with E-state index in [2.05, 4.69) is 92.6 Å². The normalized spacial score (nSPS) is 12.0. The highest BCUT2D eigenvalue weighted by Gasteiger charge is 2.22. The summed E-state index contributed by atoms with van der Waals surface area (Å²) in [5.41, 5.74) is 3.51. The van der Waals surface area contributed by atoms with Crippen LogP contribution in [0.1, 0.15) is 38.8 Å². The van der Waals surface area contributed by atoms with Gasteiger partial charge in [-0.1, -0.05) is 94.1 Å². The van der Waals surface area contributed by atoms with Crippen LogP contribution in [0.4, 0.5) is 0 Å². The first-order valence-corrected chi connectivity index (χ1v) is 11.5. The lowest BCUT2D eigenvalue weighted by Crippen LogP contribution is -2.54. The maximum Gasteiger partial charge on any atom is 0.0922 e. The van der Waals surface area contributed by atoms with Crippen LogP contribution in [0.2, 0.25) is 0 Å². The zero-order chi connectivity index (χ0) is 18.9. The van der Waals surface area contributed by atoms with Crippen molar-refractivity contribution in [2.45, 2.75) is 33.5 Å². The summed E-state index contributed by atoms with van der Waals surface area (Å²) in [7, 11) is -0.417. The van der Waals surface area contributed by atoms with Crippen LogP contribution in [0.3, 0.4) is 0 Å². The minimum absolute atomic E-state index is 0.417. The lowest BCUT2D eigenvalue weighted by atomic mass is 10.00. The van der Waals surface area contributed by atoms with Crippen LogP contribution in [-0.4, -0.2) is 51.3 Å². The van der Waals surface area contributed by atoms with Crippen LogP contribution >= 0.6 is 0 Å². The van der Waals surface area contributed by atoms with Gasteiger partial charge in [0.15, 0.2) is 0 Å². The topological polar surface area (TPSA) is 6.48 Å². The molecule has 140 valence electrons. The van der Waals surface area contributed by atoms with E-state index in [0.29, 0.717) is 5.79 Å². The summed E-state index contributed by atoms with van der Waals surface area (Å²) in [5.74, 6) is 0.600. The molecule has 0 spiro atoms. The molecular weight excluding hydrogens is 332 g/mol. The SMILES string of the molecule is C=C(c1ccccc1)c1ccc([SiH2]C(N(CC)CC)N(CC)CC)cc1. The fourth-order valence-electron chi connectivity index (χ4n) is 3.64. The Morgan fingerprint density at radius 3 is 1.69 bits per heavy atom. The molecule has 0 unspecified atom stereocenters. The molecule has 0 fully saturated rings. The summed E-state index contributed by atoms with van der Waals surface area (Å²) >= 11 is 0. The standard InChI is InChI=1S/C23H34N2Si/c1-6-24(7-2)23(25(8-3)9-4)26-22-17-15-21(16-18-22)19(5)20-13-11-10-12-14-20/h10-18,23H,5-9,26H2,1-4H3. The Kier molecular flexibility index (Phi) is 8.30. The number of nitrogens with zero attached hydrogens (tertiary/aromatic N) is 2. The molecule has 26 heavy (non-hydrogen) atoms. The summed E-state index contributed by atoms with van der Waals surface area (Å²) in [6.07, 6.45) is 0. The summed E-state index contributed by atoms with van der Waals surface area (Å²) in [6.45, 7) is 17.9. The predicted molar refractivity (Wildman–Crippen MR) is 119 cm³/mol. The van der Waals surface area contributed by atoms with E-state index in [1.165, 1.54) is 16.3 Å². The lowest BCUT2D eigenvalue weighted by molar-refractivity contribution is 0.116. The summed E-state index contributed by atoms with van der Waals surface area (Å²) in [5, 5.41) is 1.53. The van der Waals surface area contributed by atoms with Crippen LogP contribution < -0.4 is 5.19 Å². The molecule has 2 nitrogen and oxygen atoms in total. The van der Waals surface area contributed by atoms with Gasteiger partial charge in [0.05, 0.1) is 9.52 Å². The van der Waals surface area contributed by atoms with Gasteiger partial charge in [0.1, 0.15) is 0 Å². The molecule has 0 N–H and O–H groups in total. The Morgan fingerprint density at radius 2 is 1.23 bits per heavy atom. The summed E-state index contributed by atoms with van der Waals surface area (Å²) < 4.78 is 0. The Labute approximate surface area is 162 Å². The lowest BCUT2D eigenvalue weighted by Gasteiger charge is -2.38. The molecule has 2 rings (SSSR count). The minimum atomic E-state index is -0.417.